The van der Waals surface area contributed by atoms with Gasteiger partial charge in [0.15, 0.2) is 0 Å². The molecule has 1 saturated heterocycles. The monoisotopic (exact) mass is 357 g/mol. The third kappa shape index (κ3) is 3.13. The van der Waals surface area contributed by atoms with E-state index in [1.165, 1.54) is 32.1 Å². The first kappa shape index (κ1) is 17.8. The third-order valence-electron chi connectivity index (χ3n) is 6.38. The molecule has 1 aromatic carbocycles. The van der Waals surface area contributed by atoms with E-state index < -0.39 is 0 Å². The van der Waals surface area contributed by atoms with Crippen LogP contribution in [0.15, 0.2) is 18.2 Å². The topological polar surface area (TPSA) is 38.8 Å². The molecule has 0 spiro atoms. The SMILES string of the molecule is CCCOc1ccc2c(c1)[C@H]1OCC[C@H]1[C@@H](C1CCCCC1)N2C(C)=O. The standard InChI is InChI=1S/C22H31NO3/c1-3-12-25-17-9-10-20-19(14-17)22-18(11-13-26-22)21(23(20)15(2)24)16-7-5-4-6-8-16/h9-10,14,16,18,21-22H,3-8,11-13H2,1-2H3/t18-,21+,22-/m0/s1. The second kappa shape index (κ2) is 7.59. The van der Waals surface area contributed by atoms with Crippen LogP contribution in [0.25, 0.3) is 0 Å². The van der Waals surface area contributed by atoms with Crippen molar-refractivity contribution < 1.29 is 14.3 Å². The molecule has 1 amide bonds. The lowest BCUT2D eigenvalue weighted by Crippen LogP contribution is -2.52. The van der Waals surface area contributed by atoms with Crippen molar-refractivity contribution in [3.8, 4) is 5.75 Å². The summed E-state index contributed by atoms with van der Waals surface area (Å²) >= 11 is 0. The molecule has 0 aromatic heterocycles. The highest BCUT2D eigenvalue weighted by Crippen LogP contribution is 2.51. The van der Waals surface area contributed by atoms with Gasteiger partial charge in [0.25, 0.3) is 0 Å². The van der Waals surface area contributed by atoms with E-state index in [0.29, 0.717) is 11.8 Å². The zero-order chi connectivity index (χ0) is 18.1. The molecule has 0 radical (unpaired) electrons. The van der Waals surface area contributed by atoms with Crippen LogP contribution < -0.4 is 9.64 Å². The number of nitrogens with zero attached hydrogens (tertiary/aromatic N) is 1. The van der Waals surface area contributed by atoms with Gasteiger partial charge in [-0.2, -0.15) is 0 Å². The average Bonchev–Trinajstić information content (AvgIpc) is 3.15. The molecular weight excluding hydrogens is 326 g/mol. The molecule has 1 saturated carbocycles. The smallest absolute Gasteiger partial charge is 0.224 e. The first-order valence-corrected chi connectivity index (χ1v) is 10.4. The minimum absolute atomic E-state index is 0.109. The number of anilines is 1. The summed E-state index contributed by atoms with van der Waals surface area (Å²) in [5.41, 5.74) is 2.18. The van der Waals surface area contributed by atoms with Crippen LogP contribution in [0.2, 0.25) is 0 Å². The fourth-order valence-electron chi connectivity index (χ4n) is 5.33. The molecule has 3 atom stereocenters. The van der Waals surface area contributed by atoms with Crippen molar-refractivity contribution in [2.75, 3.05) is 18.1 Å². The molecule has 0 bridgehead atoms. The summed E-state index contributed by atoms with van der Waals surface area (Å²) in [7, 11) is 0. The molecule has 0 N–H and O–H groups in total. The molecule has 26 heavy (non-hydrogen) atoms. The Balaban J connectivity index is 1.73. The Morgan fingerprint density at radius 1 is 1.23 bits per heavy atom. The van der Waals surface area contributed by atoms with Crippen molar-refractivity contribution >= 4 is 11.6 Å². The summed E-state index contributed by atoms with van der Waals surface area (Å²) < 4.78 is 12.0. The minimum Gasteiger partial charge on any atom is -0.494 e. The Morgan fingerprint density at radius 3 is 2.77 bits per heavy atom. The second-order valence-corrected chi connectivity index (χ2v) is 8.09. The predicted octanol–water partition coefficient (Wildman–Crippen LogP) is 4.87. The van der Waals surface area contributed by atoms with Gasteiger partial charge in [0.05, 0.1) is 18.4 Å². The van der Waals surface area contributed by atoms with E-state index >= 15 is 0 Å². The molecular formula is C22H31NO3. The summed E-state index contributed by atoms with van der Waals surface area (Å²) in [5.74, 6) is 2.07. The highest BCUT2D eigenvalue weighted by molar-refractivity contribution is 5.94. The lowest BCUT2D eigenvalue weighted by molar-refractivity contribution is -0.118. The molecule has 4 nitrogen and oxygen atoms in total. The number of carbonyl (C=O) groups excluding carboxylic acids is 1. The maximum atomic E-state index is 12.7. The quantitative estimate of drug-likeness (QED) is 0.772. The molecule has 1 aliphatic carbocycles. The van der Waals surface area contributed by atoms with Gasteiger partial charge < -0.3 is 14.4 Å². The normalized spacial score (nSPS) is 28.5. The number of ether oxygens (including phenoxy) is 2. The van der Waals surface area contributed by atoms with Gasteiger partial charge in [0, 0.05) is 31.1 Å². The van der Waals surface area contributed by atoms with Crippen molar-refractivity contribution in [1.29, 1.82) is 0 Å². The molecule has 4 rings (SSSR count). The fraction of sp³-hybridized carbons (Fsp3) is 0.682. The zero-order valence-corrected chi connectivity index (χ0v) is 16.1. The molecule has 1 aromatic rings. The van der Waals surface area contributed by atoms with E-state index in [1.54, 1.807) is 6.92 Å². The van der Waals surface area contributed by atoms with Crippen molar-refractivity contribution in [2.45, 2.75) is 70.9 Å². The Hall–Kier alpha value is -1.55. The highest BCUT2D eigenvalue weighted by atomic mass is 16.5. The molecule has 2 fully saturated rings. The molecule has 2 aliphatic heterocycles. The number of rotatable bonds is 4. The van der Waals surface area contributed by atoms with E-state index in [-0.39, 0.29) is 18.1 Å². The zero-order valence-electron chi connectivity index (χ0n) is 16.1. The van der Waals surface area contributed by atoms with E-state index in [4.69, 9.17) is 9.47 Å². The number of benzene rings is 1. The van der Waals surface area contributed by atoms with E-state index in [9.17, 15) is 4.79 Å². The lowest BCUT2D eigenvalue weighted by atomic mass is 9.72. The van der Waals surface area contributed by atoms with Crippen LogP contribution in [-0.4, -0.2) is 25.2 Å². The van der Waals surface area contributed by atoms with Crippen molar-refractivity contribution in [2.24, 2.45) is 11.8 Å². The Kier molecular flexibility index (Phi) is 5.21. The Labute approximate surface area is 156 Å². The van der Waals surface area contributed by atoms with Crippen LogP contribution in [0.3, 0.4) is 0 Å². The van der Waals surface area contributed by atoms with Gasteiger partial charge in [0.2, 0.25) is 5.91 Å². The van der Waals surface area contributed by atoms with Crippen LogP contribution in [-0.2, 0) is 9.53 Å². The number of amides is 1. The van der Waals surface area contributed by atoms with Crippen molar-refractivity contribution in [3.05, 3.63) is 23.8 Å². The Morgan fingerprint density at radius 2 is 2.04 bits per heavy atom. The summed E-state index contributed by atoms with van der Waals surface area (Å²) in [5, 5.41) is 0. The van der Waals surface area contributed by atoms with Gasteiger partial charge in [-0.3, -0.25) is 4.79 Å². The summed E-state index contributed by atoms with van der Waals surface area (Å²) in [6.07, 6.45) is 8.55. The second-order valence-electron chi connectivity index (χ2n) is 8.09. The summed E-state index contributed by atoms with van der Waals surface area (Å²) in [6, 6.07) is 6.49. The minimum atomic E-state index is 0.109. The summed E-state index contributed by atoms with van der Waals surface area (Å²) in [4.78, 5) is 14.8. The van der Waals surface area contributed by atoms with E-state index in [2.05, 4.69) is 24.0 Å². The lowest BCUT2D eigenvalue weighted by Gasteiger charge is -2.47. The van der Waals surface area contributed by atoms with E-state index in [0.717, 1.165) is 43.1 Å². The van der Waals surface area contributed by atoms with Crippen molar-refractivity contribution in [3.63, 3.8) is 0 Å². The molecule has 2 heterocycles. The van der Waals surface area contributed by atoms with Gasteiger partial charge in [-0.25, -0.2) is 0 Å². The van der Waals surface area contributed by atoms with Crippen LogP contribution in [0.1, 0.15) is 70.5 Å². The number of hydrogen-bond acceptors (Lipinski definition) is 3. The van der Waals surface area contributed by atoms with Gasteiger partial charge >= 0.3 is 0 Å². The predicted molar refractivity (Wildman–Crippen MR) is 103 cm³/mol. The van der Waals surface area contributed by atoms with Crippen LogP contribution in [0.4, 0.5) is 5.69 Å². The molecule has 3 aliphatic rings. The fourth-order valence-corrected chi connectivity index (χ4v) is 5.33. The molecule has 0 unspecified atom stereocenters. The largest absolute Gasteiger partial charge is 0.494 e. The van der Waals surface area contributed by atoms with Gasteiger partial charge in [-0.15, -0.1) is 0 Å². The number of hydrogen-bond donors (Lipinski definition) is 0. The maximum Gasteiger partial charge on any atom is 0.224 e. The van der Waals surface area contributed by atoms with Crippen LogP contribution >= 0.6 is 0 Å². The number of fused-ring (bicyclic) bond motifs is 3. The van der Waals surface area contributed by atoms with Gasteiger partial charge in [-0.1, -0.05) is 26.2 Å². The molecule has 142 valence electrons. The third-order valence-corrected chi connectivity index (χ3v) is 6.38. The maximum absolute atomic E-state index is 12.7. The first-order valence-electron chi connectivity index (χ1n) is 10.4. The number of carbonyl (C=O) groups is 1. The summed E-state index contributed by atoms with van der Waals surface area (Å²) in [6.45, 7) is 5.34. The Bertz CT molecular complexity index is 653. The molecule has 4 heteroatoms. The highest BCUT2D eigenvalue weighted by Gasteiger charge is 2.48. The average molecular weight is 357 g/mol. The van der Waals surface area contributed by atoms with Crippen molar-refractivity contribution in [1.82, 2.24) is 0 Å². The van der Waals surface area contributed by atoms with Crippen LogP contribution in [0, 0.1) is 11.8 Å². The van der Waals surface area contributed by atoms with Gasteiger partial charge in [-0.05, 0) is 49.8 Å². The van der Waals surface area contributed by atoms with E-state index in [1.807, 2.05) is 6.07 Å². The van der Waals surface area contributed by atoms with Gasteiger partial charge in [0.1, 0.15) is 5.75 Å². The first-order chi connectivity index (χ1) is 12.7. The van der Waals surface area contributed by atoms with Crippen LogP contribution in [0.5, 0.6) is 5.75 Å².